The summed E-state index contributed by atoms with van der Waals surface area (Å²) in [6, 6.07) is 10.1. The molecule has 106 valence electrons. The molecule has 1 aromatic rings. The van der Waals surface area contributed by atoms with Crippen LogP contribution in [0.15, 0.2) is 30.3 Å². The van der Waals surface area contributed by atoms with Crippen LogP contribution in [0.4, 0.5) is 0 Å². The summed E-state index contributed by atoms with van der Waals surface area (Å²) >= 11 is 0. The fourth-order valence-electron chi connectivity index (χ4n) is 2.65. The second kappa shape index (κ2) is 8.18. The fraction of sp³-hybridized carbons (Fsp3) is 0.625. The summed E-state index contributed by atoms with van der Waals surface area (Å²) in [4.78, 5) is 2.44. The monoisotopic (exact) mass is 262 g/mol. The number of rotatable bonds is 7. The summed E-state index contributed by atoms with van der Waals surface area (Å²) in [5.74, 6) is 1.80. The first-order valence-electron chi connectivity index (χ1n) is 7.42. The van der Waals surface area contributed by atoms with Crippen molar-refractivity contribution in [2.24, 2.45) is 5.92 Å². The van der Waals surface area contributed by atoms with Gasteiger partial charge in [0.25, 0.3) is 0 Å². The topological polar surface area (TPSA) is 24.5 Å². The van der Waals surface area contributed by atoms with Gasteiger partial charge in [-0.1, -0.05) is 18.2 Å². The average Bonchev–Trinajstić information content (AvgIpc) is 2.46. The van der Waals surface area contributed by atoms with E-state index in [9.17, 15) is 0 Å². The molecule has 3 heteroatoms. The van der Waals surface area contributed by atoms with Gasteiger partial charge in [0.1, 0.15) is 5.75 Å². The molecule has 0 bridgehead atoms. The van der Waals surface area contributed by atoms with Crippen molar-refractivity contribution in [3.8, 4) is 5.75 Å². The zero-order valence-corrected chi connectivity index (χ0v) is 12.0. The van der Waals surface area contributed by atoms with Crippen molar-refractivity contribution < 1.29 is 4.74 Å². The van der Waals surface area contributed by atoms with Crippen LogP contribution in [0.2, 0.25) is 0 Å². The summed E-state index contributed by atoms with van der Waals surface area (Å²) in [7, 11) is 2.22. The van der Waals surface area contributed by atoms with Crippen LogP contribution in [0.1, 0.15) is 19.3 Å². The minimum atomic E-state index is 0.803. The first-order chi connectivity index (χ1) is 9.34. The number of piperidine rings is 1. The largest absolute Gasteiger partial charge is 0.494 e. The molecule has 1 aromatic carbocycles. The molecule has 0 spiro atoms. The van der Waals surface area contributed by atoms with Crippen molar-refractivity contribution >= 4 is 0 Å². The molecule has 1 fully saturated rings. The Balaban J connectivity index is 1.55. The zero-order valence-electron chi connectivity index (χ0n) is 12.0. The van der Waals surface area contributed by atoms with Gasteiger partial charge in [-0.2, -0.15) is 0 Å². The molecule has 2 rings (SSSR count). The maximum absolute atomic E-state index is 5.71. The highest BCUT2D eigenvalue weighted by Crippen LogP contribution is 2.11. The third kappa shape index (κ3) is 5.62. The van der Waals surface area contributed by atoms with Crippen LogP contribution in [0, 0.1) is 5.92 Å². The lowest BCUT2D eigenvalue weighted by Crippen LogP contribution is -2.37. The number of hydrogen-bond donors (Lipinski definition) is 1. The highest BCUT2D eigenvalue weighted by atomic mass is 16.5. The smallest absolute Gasteiger partial charge is 0.119 e. The molecule has 1 atom stereocenters. The van der Waals surface area contributed by atoms with Gasteiger partial charge < -0.3 is 15.0 Å². The van der Waals surface area contributed by atoms with Gasteiger partial charge in [-0.15, -0.1) is 0 Å². The van der Waals surface area contributed by atoms with Crippen molar-refractivity contribution in [2.45, 2.75) is 19.3 Å². The third-order valence-electron chi connectivity index (χ3n) is 3.66. The SMILES string of the molecule is CN(CCCOc1ccccc1)CC1CCCNC1. The fourth-order valence-corrected chi connectivity index (χ4v) is 2.65. The van der Waals surface area contributed by atoms with Crippen LogP contribution >= 0.6 is 0 Å². The Morgan fingerprint density at radius 2 is 2.16 bits per heavy atom. The Hall–Kier alpha value is -1.06. The first-order valence-corrected chi connectivity index (χ1v) is 7.42. The molecule has 0 aliphatic carbocycles. The zero-order chi connectivity index (χ0) is 13.3. The summed E-state index contributed by atoms with van der Waals surface area (Å²) in [6.45, 7) is 5.51. The lowest BCUT2D eigenvalue weighted by atomic mass is 9.99. The van der Waals surface area contributed by atoms with E-state index in [2.05, 4.69) is 17.3 Å². The van der Waals surface area contributed by atoms with Gasteiger partial charge >= 0.3 is 0 Å². The number of nitrogens with zero attached hydrogens (tertiary/aromatic N) is 1. The van der Waals surface area contributed by atoms with E-state index >= 15 is 0 Å². The minimum absolute atomic E-state index is 0.803. The van der Waals surface area contributed by atoms with Crippen LogP contribution in [0.5, 0.6) is 5.75 Å². The lowest BCUT2D eigenvalue weighted by Gasteiger charge is -2.27. The van der Waals surface area contributed by atoms with E-state index in [1.54, 1.807) is 0 Å². The second-order valence-electron chi connectivity index (χ2n) is 5.49. The molecule has 0 amide bonds. The minimum Gasteiger partial charge on any atom is -0.494 e. The Bertz CT molecular complexity index is 336. The molecule has 0 aromatic heterocycles. The molecule has 1 aliphatic heterocycles. The molecular formula is C16H26N2O. The summed E-state index contributed by atoms with van der Waals surface area (Å²) in [5, 5.41) is 3.48. The Morgan fingerprint density at radius 1 is 1.32 bits per heavy atom. The van der Waals surface area contributed by atoms with E-state index in [1.165, 1.54) is 32.5 Å². The maximum atomic E-state index is 5.71. The molecule has 1 unspecified atom stereocenters. The van der Waals surface area contributed by atoms with Gasteiger partial charge in [0.15, 0.2) is 0 Å². The highest BCUT2D eigenvalue weighted by Gasteiger charge is 2.14. The lowest BCUT2D eigenvalue weighted by molar-refractivity contribution is 0.220. The molecule has 1 aliphatic rings. The van der Waals surface area contributed by atoms with Gasteiger partial charge in [0.2, 0.25) is 0 Å². The Labute approximate surface area is 116 Å². The van der Waals surface area contributed by atoms with Crippen molar-refractivity contribution in [3.05, 3.63) is 30.3 Å². The number of benzene rings is 1. The van der Waals surface area contributed by atoms with Gasteiger partial charge in [-0.05, 0) is 57.5 Å². The van der Waals surface area contributed by atoms with Gasteiger partial charge in [0.05, 0.1) is 6.61 Å². The van der Waals surface area contributed by atoms with E-state index in [-0.39, 0.29) is 0 Å². The summed E-state index contributed by atoms with van der Waals surface area (Å²) < 4.78 is 5.71. The highest BCUT2D eigenvalue weighted by molar-refractivity contribution is 5.20. The van der Waals surface area contributed by atoms with E-state index in [0.29, 0.717) is 0 Å². The van der Waals surface area contributed by atoms with Crippen LogP contribution in [-0.4, -0.2) is 44.7 Å². The molecular weight excluding hydrogens is 236 g/mol. The number of hydrogen-bond acceptors (Lipinski definition) is 3. The van der Waals surface area contributed by atoms with Crippen molar-refractivity contribution in [2.75, 3.05) is 39.8 Å². The normalized spacial score (nSPS) is 19.6. The van der Waals surface area contributed by atoms with Crippen molar-refractivity contribution in [3.63, 3.8) is 0 Å². The molecule has 0 saturated carbocycles. The van der Waals surface area contributed by atoms with Crippen LogP contribution in [0.3, 0.4) is 0 Å². The standard InChI is InChI=1S/C16H26N2O/c1-18(14-15-7-5-10-17-13-15)11-6-12-19-16-8-3-2-4-9-16/h2-4,8-9,15,17H,5-7,10-14H2,1H3. The number of para-hydroxylation sites is 1. The van der Waals surface area contributed by atoms with Gasteiger partial charge in [-0.25, -0.2) is 0 Å². The van der Waals surface area contributed by atoms with Gasteiger partial charge in [-0.3, -0.25) is 0 Å². The molecule has 3 nitrogen and oxygen atoms in total. The van der Waals surface area contributed by atoms with Crippen molar-refractivity contribution in [1.82, 2.24) is 10.2 Å². The van der Waals surface area contributed by atoms with Crippen LogP contribution < -0.4 is 10.1 Å². The van der Waals surface area contributed by atoms with E-state index in [4.69, 9.17) is 4.74 Å². The molecule has 1 saturated heterocycles. The van der Waals surface area contributed by atoms with E-state index in [0.717, 1.165) is 31.2 Å². The van der Waals surface area contributed by atoms with Gasteiger partial charge in [0, 0.05) is 13.1 Å². The number of nitrogens with one attached hydrogen (secondary N) is 1. The molecule has 1 N–H and O–H groups in total. The third-order valence-corrected chi connectivity index (χ3v) is 3.66. The molecule has 0 radical (unpaired) electrons. The predicted octanol–water partition coefficient (Wildman–Crippen LogP) is 2.39. The average molecular weight is 262 g/mol. The van der Waals surface area contributed by atoms with E-state index in [1.807, 2.05) is 30.3 Å². The van der Waals surface area contributed by atoms with Crippen molar-refractivity contribution in [1.29, 1.82) is 0 Å². The summed E-state index contributed by atoms with van der Waals surface area (Å²) in [6.07, 6.45) is 3.79. The molecule has 1 heterocycles. The summed E-state index contributed by atoms with van der Waals surface area (Å²) in [5.41, 5.74) is 0. The Kier molecular flexibility index (Phi) is 6.18. The first kappa shape index (κ1) is 14.4. The number of ether oxygens (including phenoxy) is 1. The van der Waals surface area contributed by atoms with E-state index < -0.39 is 0 Å². The quantitative estimate of drug-likeness (QED) is 0.764. The Morgan fingerprint density at radius 3 is 2.89 bits per heavy atom. The predicted molar refractivity (Wildman–Crippen MR) is 79.6 cm³/mol. The van der Waals surface area contributed by atoms with Crippen LogP contribution in [0.25, 0.3) is 0 Å². The second-order valence-corrected chi connectivity index (χ2v) is 5.49. The maximum Gasteiger partial charge on any atom is 0.119 e. The van der Waals surface area contributed by atoms with Crippen LogP contribution in [-0.2, 0) is 0 Å². The molecule has 19 heavy (non-hydrogen) atoms.